The second kappa shape index (κ2) is 6.81. The molecule has 0 aromatic heterocycles. The van der Waals surface area contributed by atoms with Crippen molar-refractivity contribution < 1.29 is 9.90 Å². The van der Waals surface area contributed by atoms with Gasteiger partial charge >= 0.3 is 5.97 Å². The fourth-order valence-corrected chi connectivity index (χ4v) is 1.42. The van der Waals surface area contributed by atoms with Crippen molar-refractivity contribution in [3.05, 3.63) is 35.4 Å². The van der Waals surface area contributed by atoms with Crippen LogP contribution in [0.5, 0.6) is 0 Å². The molecule has 0 fully saturated rings. The Hall–Kier alpha value is -1.68. The van der Waals surface area contributed by atoms with Gasteiger partial charge in [0.1, 0.15) is 0 Å². The number of aliphatic imine (C=N–C) groups is 1. The van der Waals surface area contributed by atoms with Crippen LogP contribution < -0.4 is 5.32 Å². The molecule has 1 rings (SSSR count). The van der Waals surface area contributed by atoms with Gasteiger partial charge in [0.15, 0.2) is 0 Å². The van der Waals surface area contributed by atoms with Crippen LogP contribution in [-0.4, -0.2) is 30.4 Å². The highest BCUT2D eigenvalue weighted by atomic mass is 16.4. The van der Waals surface area contributed by atoms with E-state index in [4.69, 9.17) is 5.11 Å². The lowest BCUT2D eigenvalue weighted by atomic mass is 10.1. The van der Waals surface area contributed by atoms with Crippen LogP contribution in [0.15, 0.2) is 29.3 Å². The molecule has 0 aliphatic heterocycles. The van der Waals surface area contributed by atoms with Crippen molar-refractivity contribution in [3.8, 4) is 0 Å². The zero-order valence-electron chi connectivity index (χ0n) is 10.2. The van der Waals surface area contributed by atoms with Crippen molar-refractivity contribution in [1.29, 1.82) is 0 Å². The summed E-state index contributed by atoms with van der Waals surface area (Å²) >= 11 is 0. The highest BCUT2D eigenvalue weighted by Gasteiger charge is 1.98. The fraction of sp³-hybridized carbons (Fsp3) is 0.385. The highest BCUT2D eigenvalue weighted by Crippen LogP contribution is 2.05. The number of benzene rings is 1. The predicted molar refractivity (Wildman–Crippen MR) is 68.5 cm³/mol. The third-order valence-corrected chi connectivity index (χ3v) is 2.55. The van der Waals surface area contributed by atoms with E-state index in [-0.39, 0.29) is 6.42 Å². The Bertz CT molecular complexity index is 396. The van der Waals surface area contributed by atoms with Crippen molar-refractivity contribution in [2.75, 3.05) is 13.6 Å². The lowest BCUT2D eigenvalue weighted by Gasteiger charge is -2.05. The summed E-state index contributed by atoms with van der Waals surface area (Å²) in [5.41, 5.74) is 3.26. The molecule has 0 saturated carbocycles. The Balaban J connectivity index is 2.43. The van der Waals surface area contributed by atoms with Crippen molar-refractivity contribution >= 4 is 11.7 Å². The van der Waals surface area contributed by atoms with Crippen LogP contribution >= 0.6 is 0 Å². The van der Waals surface area contributed by atoms with Gasteiger partial charge in [-0.05, 0) is 18.1 Å². The zero-order valence-corrected chi connectivity index (χ0v) is 10.2. The highest BCUT2D eigenvalue weighted by molar-refractivity contribution is 5.98. The normalized spacial score (nSPS) is 11.5. The summed E-state index contributed by atoms with van der Waals surface area (Å²) < 4.78 is 0. The Labute approximate surface area is 101 Å². The third-order valence-electron chi connectivity index (χ3n) is 2.55. The Morgan fingerprint density at radius 1 is 1.35 bits per heavy atom. The summed E-state index contributed by atoms with van der Waals surface area (Å²) in [4.78, 5) is 14.4. The SMILES string of the molecule is C/N=C(\C)c1ccc(CNCCC(=O)O)cc1. The second-order valence-electron chi connectivity index (χ2n) is 3.83. The molecule has 17 heavy (non-hydrogen) atoms. The monoisotopic (exact) mass is 234 g/mol. The number of hydrogen-bond donors (Lipinski definition) is 2. The van der Waals surface area contributed by atoms with Gasteiger partial charge in [0, 0.05) is 25.8 Å². The lowest BCUT2D eigenvalue weighted by Crippen LogP contribution is -2.17. The van der Waals surface area contributed by atoms with Gasteiger partial charge in [-0.1, -0.05) is 24.3 Å². The first-order valence-electron chi connectivity index (χ1n) is 5.58. The summed E-state index contributed by atoms with van der Waals surface area (Å²) in [7, 11) is 1.77. The maximum Gasteiger partial charge on any atom is 0.304 e. The molecule has 1 aromatic carbocycles. The number of carbonyl (C=O) groups is 1. The average molecular weight is 234 g/mol. The Morgan fingerprint density at radius 2 is 2.00 bits per heavy atom. The molecule has 0 radical (unpaired) electrons. The first kappa shape index (κ1) is 13.4. The number of hydrogen-bond acceptors (Lipinski definition) is 3. The standard InChI is InChI=1S/C13H18N2O2/c1-10(14-2)12-5-3-11(4-6-12)9-15-8-7-13(16)17/h3-6,15H,7-9H2,1-2H3,(H,16,17)/b14-10+. The van der Waals surface area contributed by atoms with Crippen LogP contribution in [0.4, 0.5) is 0 Å². The first-order chi connectivity index (χ1) is 8.13. The average Bonchev–Trinajstić information content (AvgIpc) is 2.34. The van der Waals surface area contributed by atoms with E-state index in [1.807, 2.05) is 31.2 Å². The molecule has 4 nitrogen and oxygen atoms in total. The van der Waals surface area contributed by atoms with Gasteiger partial charge in [-0.25, -0.2) is 0 Å². The molecule has 0 atom stereocenters. The van der Waals surface area contributed by atoms with Crippen molar-refractivity contribution in [2.45, 2.75) is 19.9 Å². The fourth-order valence-electron chi connectivity index (χ4n) is 1.42. The third kappa shape index (κ3) is 4.78. The van der Waals surface area contributed by atoms with Gasteiger partial charge in [0.05, 0.1) is 6.42 Å². The number of carboxylic acids is 1. The number of carboxylic acid groups (broad SMARTS) is 1. The molecule has 0 aliphatic carbocycles. The molecule has 0 saturated heterocycles. The van der Waals surface area contributed by atoms with E-state index in [0.29, 0.717) is 13.1 Å². The summed E-state index contributed by atoms with van der Waals surface area (Å²) in [6.07, 6.45) is 0.152. The maximum atomic E-state index is 10.3. The van der Waals surface area contributed by atoms with Crippen molar-refractivity contribution in [3.63, 3.8) is 0 Å². The van der Waals surface area contributed by atoms with Gasteiger partial charge in [0.25, 0.3) is 0 Å². The Morgan fingerprint density at radius 3 is 2.53 bits per heavy atom. The number of rotatable bonds is 6. The van der Waals surface area contributed by atoms with E-state index < -0.39 is 5.97 Å². The minimum Gasteiger partial charge on any atom is -0.481 e. The van der Waals surface area contributed by atoms with Gasteiger partial charge in [-0.2, -0.15) is 0 Å². The largest absolute Gasteiger partial charge is 0.481 e. The second-order valence-corrected chi connectivity index (χ2v) is 3.83. The number of nitrogens with one attached hydrogen (secondary N) is 1. The summed E-state index contributed by atoms with van der Waals surface area (Å²) in [5.74, 6) is -0.775. The van der Waals surface area contributed by atoms with Gasteiger partial charge in [0.2, 0.25) is 0 Å². The smallest absolute Gasteiger partial charge is 0.304 e. The van der Waals surface area contributed by atoms with Crippen LogP contribution in [0.1, 0.15) is 24.5 Å². The summed E-state index contributed by atoms with van der Waals surface area (Å²) in [6.45, 7) is 3.16. The topological polar surface area (TPSA) is 61.7 Å². The predicted octanol–water partition coefficient (Wildman–Crippen LogP) is 1.69. The van der Waals surface area contributed by atoms with Gasteiger partial charge in [-0.15, -0.1) is 0 Å². The van der Waals surface area contributed by atoms with Crippen LogP contribution in [0.2, 0.25) is 0 Å². The van der Waals surface area contributed by atoms with E-state index in [0.717, 1.165) is 16.8 Å². The van der Waals surface area contributed by atoms with E-state index in [1.54, 1.807) is 7.05 Å². The van der Waals surface area contributed by atoms with Gasteiger partial charge in [-0.3, -0.25) is 9.79 Å². The van der Waals surface area contributed by atoms with Crippen LogP contribution in [-0.2, 0) is 11.3 Å². The molecule has 0 spiro atoms. The Kier molecular flexibility index (Phi) is 5.36. The molecule has 0 heterocycles. The number of aliphatic carboxylic acids is 1. The maximum absolute atomic E-state index is 10.3. The van der Waals surface area contributed by atoms with Crippen LogP contribution in [0.3, 0.4) is 0 Å². The van der Waals surface area contributed by atoms with Crippen molar-refractivity contribution in [1.82, 2.24) is 5.32 Å². The molecule has 4 heteroatoms. The molecule has 2 N–H and O–H groups in total. The van der Waals surface area contributed by atoms with Crippen molar-refractivity contribution in [2.24, 2.45) is 4.99 Å². The molecule has 0 aliphatic rings. The molecule has 0 amide bonds. The van der Waals surface area contributed by atoms with E-state index in [9.17, 15) is 4.79 Å². The van der Waals surface area contributed by atoms with Crippen LogP contribution in [0, 0.1) is 0 Å². The quantitative estimate of drug-likeness (QED) is 0.581. The van der Waals surface area contributed by atoms with E-state index in [2.05, 4.69) is 10.3 Å². The molecular weight excluding hydrogens is 216 g/mol. The summed E-state index contributed by atoms with van der Waals surface area (Å²) in [5, 5.41) is 11.6. The van der Waals surface area contributed by atoms with Gasteiger partial charge < -0.3 is 10.4 Å². The molecule has 0 bridgehead atoms. The molecular formula is C13H18N2O2. The van der Waals surface area contributed by atoms with E-state index >= 15 is 0 Å². The van der Waals surface area contributed by atoms with Crippen LogP contribution in [0.25, 0.3) is 0 Å². The zero-order chi connectivity index (χ0) is 12.7. The minimum atomic E-state index is -0.775. The van der Waals surface area contributed by atoms with E-state index in [1.165, 1.54) is 0 Å². The number of nitrogens with zero attached hydrogens (tertiary/aromatic N) is 1. The lowest BCUT2D eigenvalue weighted by molar-refractivity contribution is -0.136. The first-order valence-corrected chi connectivity index (χ1v) is 5.58. The minimum absolute atomic E-state index is 0.152. The molecule has 1 aromatic rings. The molecule has 0 unspecified atom stereocenters. The molecule has 92 valence electrons. The summed E-state index contributed by atoms with van der Waals surface area (Å²) in [6, 6.07) is 8.10.